The fraction of sp³-hybridized carbons (Fsp3) is 0.625. The lowest BCUT2D eigenvalue weighted by atomic mass is 10.0. The van der Waals surface area contributed by atoms with Crippen molar-refractivity contribution in [2.75, 3.05) is 13.1 Å². The monoisotopic (exact) mass is 294 g/mol. The molecule has 2 N–H and O–H groups in total. The van der Waals surface area contributed by atoms with Crippen LogP contribution in [0.5, 0.6) is 0 Å². The van der Waals surface area contributed by atoms with Gasteiger partial charge in [-0.2, -0.15) is 0 Å². The van der Waals surface area contributed by atoms with E-state index in [1.165, 1.54) is 0 Å². The lowest BCUT2D eigenvalue weighted by Gasteiger charge is -2.18. The molecule has 0 unspecified atom stereocenters. The summed E-state index contributed by atoms with van der Waals surface area (Å²) in [4.78, 5) is 28.0. The van der Waals surface area contributed by atoms with Crippen LogP contribution in [-0.2, 0) is 11.2 Å². The van der Waals surface area contributed by atoms with E-state index < -0.39 is 5.97 Å². The van der Waals surface area contributed by atoms with Gasteiger partial charge in [0.2, 0.25) is 0 Å². The predicted molar refractivity (Wildman–Crippen MR) is 82.7 cm³/mol. The molecule has 0 aromatic carbocycles. The van der Waals surface area contributed by atoms with E-state index in [1.54, 1.807) is 4.90 Å². The van der Waals surface area contributed by atoms with Gasteiger partial charge in [-0.05, 0) is 58.1 Å². The molecule has 0 fully saturated rings. The van der Waals surface area contributed by atoms with Crippen LogP contribution in [-0.4, -0.2) is 40.0 Å². The molecule has 0 radical (unpaired) electrons. The average molecular weight is 294 g/mol. The van der Waals surface area contributed by atoms with Crippen molar-refractivity contribution in [1.82, 2.24) is 9.88 Å². The number of hydrogen-bond donors (Lipinski definition) is 2. The zero-order valence-corrected chi connectivity index (χ0v) is 13.5. The Kier molecular flexibility index (Phi) is 6.46. The first-order chi connectivity index (χ1) is 9.92. The highest BCUT2D eigenvalue weighted by Gasteiger charge is 2.20. The minimum absolute atomic E-state index is 0.0392. The minimum Gasteiger partial charge on any atom is -0.481 e. The smallest absolute Gasteiger partial charge is 0.303 e. The van der Waals surface area contributed by atoms with Crippen LogP contribution in [0.2, 0.25) is 0 Å². The first-order valence-electron chi connectivity index (χ1n) is 7.61. The molecule has 0 saturated carbocycles. The summed E-state index contributed by atoms with van der Waals surface area (Å²) >= 11 is 0. The van der Waals surface area contributed by atoms with Crippen LogP contribution < -0.4 is 0 Å². The number of carbonyl (C=O) groups is 2. The van der Waals surface area contributed by atoms with Crippen molar-refractivity contribution in [1.29, 1.82) is 0 Å². The van der Waals surface area contributed by atoms with Gasteiger partial charge in [0.25, 0.3) is 5.91 Å². The van der Waals surface area contributed by atoms with Crippen molar-refractivity contribution in [3.63, 3.8) is 0 Å². The number of carboxylic acid groups (broad SMARTS) is 1. The number of aryl methyl sites for hydroxylation is 1. The number of unbranched alkanes of at least 4 members (excludes halogenated alkanes) is 1. The topological polar surface area (TPSA) is 73.4 Å². The first kappa shape index (κ1) is 17.3. The van der Waals surface area contributed by atoms with Crippen LogP contribution in [0.25, 0.3) is 0 Å². The molecule has 21 heavy (non-hydrogen) atoms. The minimum atomic E-state index is -0.755. The number of amides is 1. The van der Waals surface area contributed by atoms with Gasteiger partial charge in [0.15, 0.2) is 0 Å². The Balaban J connectivity index is 2.80. The Labute approximate surface area is 126 Å². The Morgan fingerprint density at radius 3 is 2.29 bits per heavy atom. The number of nitrogens with zero attached hydrogens (tertiary/aromatic N) is 1. The average Bonchev–Trinajstić information content (AvgIpc) is 2.71. The predicted octanol–water partition coefficient (Wildman–Crippen LogP) is 2.91. The maximum absolute atomic E-state index is 12.4. The molecule has 0 bridgehead atoms. The van der Waals surface area contributed by atoms with Crippen molar-refractivity contribution in [2.24, 2.45) is 0 Å². The second kappa shape index (κ2) is 7.86. The third-order valence-corrected chi connectivity index (χ3v) is 3.92. The SMILES string of the molecule is CCN(CC)C(=O)c1[nH]c(C)c(CCCCC(=O)O)c1C. The molecule has 0 aliphatic carbocycles. The van der Waals surface area contributed by atoms with Crippen molar-refractivity contribution in [3.8, 4) is 0 Å². The lowest BCUT2D eigenvalue weighted by Crippen LogP contribution is -2.31. The number of aromatic nitrogens is 1. The summed E-state index contributed by atoms with van der Waals surface area (Å²) in [5.74, 6) is -0.715. The summed E-state index contributed by atoms with van der Waals surface area (Å²) in [6, 6.07) is 0. The second-order valence-electron chi connectivity index (χ2n) is 5.31. The van der Waals surface area contributed by atoms with Gasteiger partial charge < -0.3 is 15.0 Å². The fourth-order valence-corrected chi connectivity index (χ4v) is 2.62. The van der Waals surface area contributed by atoms with Crippen molar-refractivity contribution < 1.29 is 14.7 Å². The largest absolute Gasteiger partial charge is 0.481 e. The number of nitrogens with one attached hydrogen (secondary N) is 1. The van der Waals surface area contributed by atoms with E-state index in [4.69, 9.17) is 5.11 Å². The molecule has 1 amide bonds. The van der Waals surface area contributed by atoms with E-state index in [1.807, 2.05) is 27.7 Å². The van der Waals surface area contributed by atoms with Crippen LogP contribution in [0.3, 0.4) is 0 Å². The zero-order chi connectivity index (χ0) is 16.0. The van der Waals surface area contributed by atoms with Crippen LogP contribution >= 0.6 is 0 Å². The molecule has 1 aromatic heterocycles. The summed E-state index contributed by atoms with van der Waals surface area (Å²) < 4.78 is 0. The summed E-state index contributed by atoms with van der Waals surface area (Å²) in [7, 11) is 0. The molecular weight excluding hydrogens is 268 g/mol. The van der Waals surface area contributed by atoms with Crippen molar-refractivity contribution in [2.45, 2.75) is 53.4 Å². The molecule has 5 nitrogen and oxygen atoms in total. The molecule has 0 saturated heterocycles. The quantitative estimate of drug-likeness (QED) is 0.724. The van der Waals surface area contributed by atoms with Crippen LogP contribution in [0, 0.1) is 13.8 Å². The van der Waals surface area contributed by atoms with E-state index in [2.05, 4.69) is 4.98 Å². The van der Waals surface area contributed by atoms with Crippen molar-refractivity contribution >= 4 is 11.9 Å². The molecule has 1 heterocycles. The summed E-state index contributed by atoms with van der Waals surface area (Å²) in [5, 5.41) is 8.66. The number of carbonyl (C=O) groups excluding carboxylic acids is 1. The number of H-pyrrole nitrogens is 1. The third-order valence-electron chi connectivity index (χ3n) is 3.92. The van der Waals surface area contributed by atoms with Gasteiger partial charge in [-0.1, -0.05) is 0 Å². The van der Waals surface area contributed by atoms with Crippen LogP contribution in [0.1, 0.15) is 60.4 Å². The van der Waals surface area contributed by atoms with Gasteiger partial charge in [0.05, 0.1) is 0 Å². The van der Waals surface area contributed by atoms with Gasteiger partial charge in [0.1, 0.15) is 5.69 Å². The number of aromatic amines is 1. The zero-order valence-electron chi connectivity index (χ0n) is 13.5. The molecule has 0 aliphatic heterocycles. The fourth-order valence-electron chi connectivity index (χ4n) is 2.62. The molecule has 1 rings (SSSR count). The molecule has 0 atom stereocenters. The number of rotatable bonds is 8. The second-order valence-corrected chi connectivity index (χ2v) is 5.31. The van der Waals surface area contributed by atoms with Gasteiger partial charge >= 0.3 is 5.97 Å². The third kappa shape index (κ3) is 4.34. The molecular formula is C16H26N2O3. The van der Waals surface area contributed by atoms with Gasteiger partial charge in [-0.15, -0.1) is 0 Å². The van der Waals surface area contributed by atoms with E-state index in [0.29, 0.717) is 25.2 Å². The summed E-state index contributed by atoms with van der Waals surface area (Å²) in [6.07, 6.45) is 2.50. The molecule has 118 valence electrons. The van der Waals surface area contributed by atoms with Gasteiger partial charge in [-0.3, -0.25) is 9.59 Å². The standard InChI is InChI=1S/C16H26N2O3/c1-5-18(6-2)16(21)15-11(3)13(12(4)17-15)9-7-8-10-14(19)20/h17H,5-10H2,1-4H3,(H,19,20). The van der Waals surface area contributed by atoms with E-state index in [9.17, 15) is 9.59 Å². The van der Waals surface area contributed by atoms with E-state index in [-0.39, 0.29) is 12.3 Å². The number of aliphatic carboxylic acids is 1. The van der Waals surface area contributed by atoms with Gasteiger partial charge in [0, 0.05) is 25.2 Å². The highest BCUT2D eigenvalue weighted by molar-refractivity contribution is 5.94. The first-order valence-corrected chi connectivity index (χ1v) is 7.61. The number of carboxylic acids is 1. The summed E-state index contributed by atoms with van der Waals surface area (Å²) in [6.45, 7) is 9.27. The maximum Gasteiger partial charge on any atom is 0.303 e. The van der Waals surface area contributed by atoms with Crippen molar-refractivity contribution in [3.05, 3.63) is 22.5 Å². The lowest BCUT2D eigenvalue weighted by molar-refractivity contribution is -0.137. The van der Waals surface area contributed by atoms with E-state index >= 15 is 0 Å². The summed E-state index contributed by atoms with van der Waals surface area (Å²) in [5.41, 5.74) is 3.83. The Hall–Kier alpha value is -1.78. The van der Waals surface area contributed by atoms with Crippen LogP contribution in [0.4, 0.5) is 0 Å². The normalized spacial score (nSPS) is 10.7. The van der Waals surface area contributed by atoms with Gasteiger partial charge in [-0.25, -0.2) is 0 Å². The molecule has 1 aromatic rings. The molecule has 0 spiro atoms. The van der Waals surface area contributed by atoms with E-state index in [0.717, 1.165) is 29.7 Å². The highest BCUT2D eigenvalue weighted by atomic mass is 16.4. The Morgan fingerprint density at radius 1 is 1.14 bits per heavy atom. The maximum atomic E-state index is 12.4. The highest BCUT2D eigenvalue weighted by Crippen LogP contribution is 2.21. The van der Waals surface area contributed by atoms with Crippen LogP contribution in [0.15, 0.2) is 0 Å². The Bertz CT molecular complexity index is 502. The number of hydrogen-bond acceptors (Lipinski definition) is 2. The molecule has 0 aliphatic rings. The Morgan fingerprint density at radius 2 is 1.76 bits per heavy atom. The molecule has 5 heteroatoms.